The van der Waals surface area contributed by atoms with E-state index in [1.54, 1.807) is 11.8 Å². The summed E-state index contributed by atoms with van der Waals surface area (Å²) >= 11 is 1.74. The summed E-state index contributed by atoms with van der Waals surface area (Å²) in [5, 5.41) is 0. The molecular weight excluding hydrogens is 293 g/mol. The minimum absolute atomic E-state index is 0. The van der Waals surface area contributed by atoms with E-state index in [0.717, 1.165) is 44.9 Å². The van der Waals surface area contributed by atoms with Gasteiger partial charge in [0.15, 0.2) is 0 Å². The second-order valence-electron chi connectivity index (χ2n) is 4.15. The zero-order valence-corrected chi connectivity index (χ0v) is 13.6. The molecule has 0 bridgehead atoms. The maximum atomic E-state index is 12.0. The number of carbonyl (C=O) groups excluding carboxylic acids is 1. The summed E-state index contributed by atoms with van der Waals surface area (Å²) in [5.41, 5.74) is 5.88. The number of hydrogen-bond acceptors (Lipinski definition) is 4. The molecule has 1 fully saturated rings. The Morgan fingerprint density at radius 1 is 1.28 bits per heavy atom. The van der Waals surface area contributed by atoms with E-state index in [-0.39, 0.29) is 36.8 Å². The van der Waals surface area contributed by atoms with Crippen molar-refractivity contribution in [2.75, 3.05) is 44.7 Å². The number of halogens is 2. The van der Waals surface area contributed by atoms with Crippen molar-refractivity contribution in [2.45, 2.75) is 19.4 Å². The first kappa shape index (κ1) is 20.6. The van der Waals surface area contributed by atoms with Gasteiger partial charge in [0.25, 0.3) is 0 Å². The maximum absolute atomic E-state index is 12.0. The highest BCUT2D eigenvalue weighted by Gasteiger charge is 2.24. The summed E-state index contributed by atoms with van der Waals surface area (Å²) in [6.45, 7) is 6.86. The van der Waals surface area contributed by atoms with E-state index in [1.807, 2.05) is 11.2 Å². The van der Waals surface area contributed by atoms with Crippen LogP contribution in [0.3, 0.4) is 0 Å². The fourth-order valence-corrected chi connectivity index (χ4v) is 2.38. The summed E-state index contributed by atoms with van der Waals surface area (Å²) in [4.78, 5) is 16.2. The molecule has 1 aliphatic heterocycles. The summed E-state index contributed by atoms with van der Waals surface area (Å²) in [6.07, 6.45) is 2.82. The number of nitrogens with two attached hydrogens (primary N) is 1. The zero-order chi connectivity index (χ0) is 12.0. The molecule has 1 amide bonds. The third-order valence-corrected chi connectivity index (χ3v) is 3.73. The van der Waals surface area contributed by atoms with E-state index in [2.05, 4.69) is 11.8 Å². The molecule has 1 heterocycles. The quantitative estimate of drug-likeness (QED) is 0.824. The van der Waals surface area contributed by atoms with Gasteiger partial charge in [0, 0.05) is 26.2 Å². The van der Waals surface area contributed by atoms with Crippen molar-refractivity contribution in [3.63, 3.8) is 0 Å². The molecule has 4 nitrogen and oxygen atoms in total. The predicted octanol–water partition coefficient (Wildman–Crippen LogP) is 1.07. The molecule has 0 aromatic rings. The van der Waals surface area contributed by atoms with Crippen molar-refractivity contribution in [1.29, 1.82) is 0 Å². The summed E-state index contributed by atoms with van der Waals surface area (Å²) in [7, 11) is 0. The molecule has 0 spiro atoms. The van der Waals surface area contributed by atoms with Gasteiger partial charge in [-0.3, -0.25) is 4.79 Å². The first-order chi connectivity index (χ1) is 7.69. The minimum atomic E-state index is -0.305. The standard InChI is InChI=1S/C11H23N3OS.2ClH/c1-3-13-5-7-14(8-6-13)11(15)10(12)4-9-16-2;;/h10H,3-9,12H2,1-2H3;2*1H/t10-;;/m0../s1. The first-order valence-electron chi connectivity index (χ1n) is 5.94. The van der Waals surface area contributed by atoms with E-state index >= 15 is 0 Å². The Morgan fingerprint density at radius 2 is 1.83 bits per heavy atom. The van der Waals surface area contributed by atoms with Gasteiger partial charge in [0.1, 0.15) is 0 Å². The lowest BCUT2D eigenvalue weighted by Crippen LogP contribution is -2.53. The molecule has 110 valence electrons. The Morgan fingerprint density at radius 3 is 2.28 bits per heavy atom. The van der Waals surface area contributed by atoms with E-state index in [0.29, 0.717) is 0 Å². The van der Waals surface area contributed by atoms with Crippen molar-refractivity contribution in [3.05, 3.63) is 0 Å². The lowest BCUT2D eigenvalue weighted by molar-refractivity contribution is -0.134. The second-order valence-corrected chi connectivity index (χ2v) is 5.13. The van der Waals surface area contributed by atoms with Gasteiger partial charge < -0.3 is 15.5 Å². The van der Waals surface area contributed by atoms with Gasteiger partial charge in [0.2, 0.25) is 5.91 Å². The average Bonchev–Trinajstić information content (AvgIpc) is 2.35. The van der Waals surface area contributed by atoms with Crippen LogP contribution in [0.2, 0.25) is 0 Å². The molecule has 0 unspecified atom stereocenters. The highest BCUT2D eigenvalue weighted by Crippen LogP contribution is 2.06. The summed E-state index contributed by atoms with van der Waals surface area (Å²) in [6, 6.07) is -0.305. The number of thioether (sulfide) groups is 1. The second kappa shape index (κ2) is 11.2. The Hall–Kier alpha value is 0.320. The normalized spacial score (nSPS) is 17.6. The van der Waals surface area contributed by atoms with Crippen molar-refractivity contribution in [1.82, 2.24) is 9.80 Å². The van der Waals surface area contributed by atoms with Crippen LogP contribution in [0.4, 0.5) is 0 Å². The van der Waals surface area contributed by atoms with E-state index in [9.17, 15) is 4.79 Å². The Balaban J connectivity index is 0. The molecule has 0 aliphatic carbocycles. The minimum Gasteiger partial charge on any atom is -0.339 e. The highest BCUT2D eigenvalue weighted by molar-refractivity contribution is 7.98. The topological polar surface area (TPSA) is 49.6 Å². The van der Waals surface area contributed by atoms with Crippen LogP contribution in [0, 0.1) is 0 Å². The van der Waals surface area contributed by atoms with E-state index in [1.165, 1.54) is 0 Å². The number of carbonyl (C=O) groups is 1. The number of hydrogen-bond donors (Lipinski definition) is 1. The molecule has 1 saturated heterocycles. The molecule has 1 atom stereocenters. The van der Waals surface area contributed by atoms with Gasteiger partial charge in [-0.15, -0.1) is 24.8 Å². The van der Waals surface area contributed by atoms with Crippen LogP contribution in [0.25, 0.3) is 0 Å². The lowest BCUT2D eigenvalue weighted by Gasteiger charge is -2.35. The van der Waals surface area contributed by atoms with Crippen LogP contribution < -0.4 is 5.73 Å². The fourth-order valence-electron chi connectivity index (χ4n) is 1.89. The van der Waals surface area contributed by atoms with Crippen LogP contribution in [0.1, 0.15) is 13.3 Å². The van der Waals surface area contributed by atoms with Gasteiger partial charge in [-0.2, -0.15) is 11.8 Å². The van der Waals surface area contributed by atoms with Gasteiger partial charge in [-0.05, 0) is 25.0 Å². The Labute approximate surface area is 127 Å². The van der Waals surface area contributed by atoms with Crippen molar-refractivity contribution in [3.8, 4) is 0 Å². The molecule has 0 aromatic carbocycles. The Kier molecular flexibility index (Phi) is 12.8. The molecular formula is C11H25Cl2N3OS. The number of piperazine rings is 1. The molecule has 0 aromatic heterocycles. The third kappa shape index (κ3) is 6.48. The zero-order valence-electron chi connectivity index (χ0n) is 11.1. The van der Waals surface area contributed by atoms with E-state index < -0.39 is 0 Å². The van der Waals surface area contributed by atoms with Crippen molar-refractivity contribution >= 4 is 42.5 Å². The van der Waals surface area contributed by atoms with Crippen LogP contribution in [0.15, 0.2) is 0 Å². The number of rotatable bonds is 5. The monoisotopic (exact) mass is 317 g/mol. The smallest absolute Gasteiger partial charge is 0.239 e. The Bertz CT molecular complexity index is 226. The SMILES string of the molecule is CCN1CCN(C(=O)[C@@H](N)CCSC)CC1.Cl.Cl. The van der Waals surface area contributed by atoms with Gasteiger partial charge in [-0.1, -0.05) is 6.92 Å². The van der Waals surface area contributed by atoms with Crippen molar-refractivity contribution < 1.29 is 4.79 Å². The van der Waals surface area contributed by atoms with Crippen LogP contribution in [0.5, 0.6) is 0 Å². The van der Waals surface area contributed by atoms with Gasteiger partial charge in [0.05, 0.1) is 6.04 Å². The number of amides is 1. The van der Waals surface area contributed by atoms with Crippen LogP contribution in [-0.2, 0) is 4.79 Å². The molecule has 7 heteroatoms. The average molecular weight is 318 g/mol. The fraction of sp³-hybridized carbons (Fsp3) is 0.909. The molecule has 2 N–H and O–H groups in total. The van der Waals surface area contributed by atoms with Gasteiger partial charge >= 0.3 is 0 Å². The third-order valence-electron chi connectivity index (χ3n) is 3.08. The van der Waals surface area contributed by atoms with Crippen molar-refractivity contribution in [2.24, 2.45) is 5.73 Å². The predicted molar refractivity (Wildman–Crippen MR) is 84.2 cm³/mol. The molecule has 0 saturated carbocycles. The van der Waals surface area contributed by atoms with E-state index in [4.69, 9.17) is 5.73 Å². The summed E-state index contributed by atoms with van der Waals surface area (Å²) in [5.74, 6) is 1.09. The van der Waals surface area contributed by atoms with Crippen LogP contribution in [-0.4, -0.2) is 66.5 Å². The molecule has 0 radical (unpaired) electrons. The summed E-state index contributed by atoms with van der Waals surface area (Å²) < 4.78 is 0. The maximum Gasteiger partial charge on any atom is 0.239 e. The van der Waals surface area contributed by atoms with Crippen LogP contribution >= 0.6 is 36.6 Å². The lowest BCUT2D eigenvalue weighted by atomic mass is 10.2. The molecule has 18 heavy (non-hydrogen) atoms. The molecule has 1 aliphatic rings. The highest BCUT2D eigenvalue weighted by atomic mass is 35.5. The first-order valence-corrected chi connectivity index (χ1v) is 7.34. The number of likely N-dealkylation sites (N-methyl/N-ethyl adjacent to an activating group) is 1. The number of nitrogens with zero attached hydrogens (tertiary/aromatic N) is 2. The molecule has 1 rings (SSSR count). The largest absolute Gasteiger partial charge is 0.339 e. The van der Waals surface area contributed by atoms with Gasteiger partial charge in [-0.25, -0.2) is 0 Å².